The number of anilines is 2. The van der Waals surface area contributed by atoms with Gasteiger partial charge in [-0.3, -0.25) is 24.5 Å². The number of rotatable bonds is 6. The zero-order valence-corrected chi connectivity index (χ0v) is 17.7. The highest BCUT2D eigenvalue weighted by atomic mass is 16.6. The summed E-state index contributed by atoms with van der Waals surface area (Å²) in [4.78, 5) is 62.0. The van der Waals surface area contributed by atoms with Gasteiger partial charge in [0.2, 0.25) is 11.8 Å². The number of carbonyl (C=O) groups is 4. The van der Waals surface area contributed by atoms with Gasteiger partial charge >= 0.3 is 5.97 Å². The molecule has 1 aliphatic heterocycles. The van der Waals surface area contributed by atoms with Crippen molar-refractivity contribution in [3.8, 4) is 0 Å². The second-order valence-corrected chi connectivity index (χ2v) is 8.49. The van der Waals surface area contributed by atoms with Crippen molar-refractivity contribution in [3.05, 3.63) is 76.4 Å². The Morgan fingerprint density at radius 2 is 1.71 bits per heavy atom. The summed E-state index contributed by atoms with van der Waals surface area (Å²) >= 11 is 0. The lowest BCUT2D eigenvalue weighted by atomic mass is 9.85. The van der Waals surface area contributed by atoms with Crippen LogP contribution in [0.1, 0.15) is 16.8 Å². The molecular weight excluding hydrogens is 442 g/mol. The Balaban J connectivity index is 1.23. The third-order valence-corrected chi connectivity index (χ3v) is 6.49. The standard InChI is InChI=1S/C24H19N3O7/c28-19(25-16-4-2-6-18(11-16)27(32)33)12-34-24(31)15-3-1-5-17(10-15)26-22(29)20-13-7-8-14(9-13)21(20)23(26)30/h1-8,10-11,13-14,20-21H,9,12H2,(H,25,28)/t13-,14-,20-,21+/m0/s1. The Morgan fingerprint density at radius 3 is 2.38 bits per heavy atom. The monoisotopic (exact) mass is 461 g/mol. The lowest BCUT2D eigenvalue weighted by Gasteiger charge is -2.18. The van der Waals surface area contributed by atoms with Crippen molar-refractivity contribution in [2.75, 3.05) is 16.8 Å². The number of hydrogen-bond acceptors (Lipinski definition) is 7. The molecule has 0 unspecified atom stereocenters. The molecule has 34 heavy (non-hydrogen) atoms. The van der Waals surface area contributed by atoms with Crippen molar-refractivity contribution >= 4 is 40.8 Å². The molecule has 1 N–H and O–H groups in total. The van der Waals surface area contributed by atoms with Crippen molar-refractivity contribution in [2.24, 2.45) is 23.7 Å². The molecule has 3 aliphatic rings. The number of carbonyl (C=O) groups excluding carboxylic acids is 4. The van der Waals surface area contributed by atoms with Crippen LogP contribution in [0.15, 0.2) is 60.7 Å². The smallest absolute Gasteiger partial charge is 0.338 e. The van der Waals surface area contributed by atoms with Crippen molar-refractivity contribution in [1.29, 1.82) is 0 Å². The third-order valence-electron chi connectivity index (χ3n) is 6.49. The first-order valence-corrected chi connectivity index (χ1v) is 10.7. The van der Waals surface area contributed by atoms with Crippen LogP contribution in [0.5, 0.6) is 0 Å². The van der Waals surface area contributed by atoms with Gasteiger partial charge in [-0.15, -0.1) is 0 Å². The summed E-state index contributed by atoms with van der Waals surface area (Å²) in [5, 5.41) is 13.3. The average Bonchev–Trinajstić information content (AvgIpc) is 3.51. The molecule has 0 radical (unpaired) electrons. The second-order valence-electron chi connectivity index (χ2n) is 8.49. The molecule has 2 fully saturated rings. The largest absolute Gasteiger partial charge is 0.452 e. The number of nitrogens with zero attached hydrogens (tertiary/aromatic N) is 2. The van der Waals surface area contributed by atoms with Gasteiger partial charge in [0.15, 0.2) is 6.61 Å². The summed E-state index contributed by atoms with van der Waals surface area (Å²) in [7, 11) is 0. The lowest BCUT2D eigenvalue weighted by Crippen LogP contribution is -2.33. The maximum atomic E-state index is 13.0. The number of benzene rings is 2. The lowest BCUT2D eigenvalue weighted by molar-refractivity contribution is -0.384. The second kappa shape index (κ2) is 8.22. The highest BCUT2D eigenvalue weighted by Crippen LogP contribution is 2.53. The van der Waals surface area contributed by atoms with E-state index in [1.165, 1.54) is 42.5 Å². The van der Waals surface area contributed by atoms with Crippen LogP contribution in [0.25, 0.3) is 0 Å². The minimum atomic E-state index is -0.808. The number of fused-ring (bicyclic) bond motifs is 5. The molecule has 2 aromatic carbocycles. The van der Waals surface area contributed by atoms with Crippen LogP contribution in [0.3, 0.4) is 0 Å². The highest BCUT2D eigenvalue weighted by molar-refractivity contribution is 6.23. The molecule has 1 heterocycles. The summed E-state index contributed by atoms with van der Waals surface area (Å²) in [6, 6.07) is 11.3. The molecule has 172 valence electrons. The topological polar surface area (TPSA) is 136 Å². The van der Waals surface area contributed by atoms with Gasteiger partial charge in [0.05, 0.1) is 28.0 Å². The van der Waals surface area contributed by atoms with Crippen LogP contribution in [-0.2, 0) is 19.1 Å². The van der Waals surface area contributed by atoms with E-state index in [9.17, 15) is 29.3 Å². The summed E-state index contributed by atoms with van der Waals surface area (Å²) in [6.45, 7) is -0.619. The van der Waals surface area contributed by atoms with Crippen molar-refractivity contribution < 1.29 is 28.8 Å². The molecule has 4 atom stereocenters. The zero-order chi connectivity index (χ0) is 24.0. The number of non-ortho nitro benzene ring substituents is 1. The minimum absolute atomic E-state index is 0.0779. The van der Waals surface area contributed by atoms with E-state index < -0.39 is 23.4 Å². The molecule has 2 aliphatic carbocycles. The fourth-order valence-corrected chi connectivity index (χ4v) is 5.04. The molecule has 10 nitrogen and oxygen atoms in total. The Hall–Kier alpha value is -4.34. The van der Waals surface area contributed by atoms with Gasteiger partial charge in [0.1, 0.15) is 0 Å². The number of nitro groups is 1. The van der Waals surface area contributed by atoms with Gasteiger partial charge in [0.25, 0.3) is 11.6 Å². The van der Waals surface area contributed by atoms with Crippen LogP contribution < -0.4 is 10.2 Å². The molecule has 1 saturated heterocycles. The van der Waals surface area contributed by atoms with E-state index in [4.69, 9.17) is 4.74 Å². The van der Waals surface area contributed by atoms with Gasteiger partial charge in [-0.2, -0.15) is 0 Å². The normalized spacial score (nSPS) is 24.3. The number of allylic oxidation sites excluding steroid dienone is 2. The summed E-state index contributed by atoms with van der Waals surface area (Å²) in [6.07, 6.45) is 4.84. The molecule has 2 bridgehead atoms. The van der Waals surface area contributed by atoms with Gasteiger partial charge in [-0.05, 0) is 42.5 Å². The zero-order valence-electron chi connectivity index (χ0n) is 17.7. The summed E-state index contributed by atoms with van der Waals surface area (Å²) in [5.74, 6) is -2.54. The average molecular weight is 461 g/mol. The Morgan fingerprint density at radius 1 is 1.03 bits per heavy atom. The van der Waals surface area contributed by atoms with Gasteiger partial charge in [0, 0.05) is 17.8 Å². The molecule has 0 aromatic heterocycles. The predicted molar refractivity (Wildman–Crippen MR) is 119 cm³/mol. The van der Waals surface area contributed by atoms with Crippen LogP contribution in [0, 0.1) is 33.8 Å². The molecule has 10 heteroatoms. The summed E-state index contributed by atoms with van der Waals surface area (Å²) in [5.41, 5.74) is 0.376. The number of hydrogen-bond donors (Lipinski definition) is 1. The first-order valence-electron chi connectivity index (χ1n) is 10.7. The van der Waals surface area contributed by atoms with Crippen LogP contribution in [0.4, 0.5) is 17.1 Å². The minimum Gasteiger partial charge on any atom is -0.452 e. The fraction of sp³-hybridized carbons (Fsp3) is 0.250. The highest BCUT2D eigenvalue weighted by Gasteiger charge is 2.59. The number of amides is 3. The fourth-order valence-electron chi connectivity index (χ4n) is 5.04. The van der Waals surface area contributed by atoms with Gasteiger partial charge < -0.3 is 10.1 Å². The van der Waals surface area contributed by atoms with Crippen LogP contribution >= 0.6 is 0 Å². The Labute approximate surface area is 193 Å². The molecule has 5 rings (SSSR count). The van der Waals surface area contributed by atoms with Crippen LogP contribution in [0.2, 0.25) is 0 Å². The maximum Gasteiger partial charge on any atom is 0.338 e. The number of ether oxygens (including phenoxy) is 1. The number of nitrogens with one attached hydrogen (secondary N) is 1. The van der Waals surface area contributed by atoms with Crippen LogP contribution in [-0.4, -0.2) is 35.2 Å². The quantitative estimate of drug-likeness (QED) is 0.230. The van der Waals surface area contributed by atoms with Crippen molar-refractivity contribution in [2.45, 2.75) is 6.42 Å². The van der Waals surface area contributed by atoms with E-state index >= 15 is 0 Å². The van der Waals surface area contributed by atoms with E-state index in [1.54, 1.807) is 6.07 Å². The molecule has 3 amide bonds. The molecule has 0 spiro atoms. The number of esters is 1. The van der Waals surface area contributed by atoms with E-state index in [-0.39, 0.29) is 52.4 Å². The SMILES string of the molecule is O=C(COC(=O)c1cccc(N2C(=O)[C@@H]3[C@H](C2=O)[C@H]2C=C[C@H]3C2)c1)Nc1cccc([N+](=O)[O-])c1. The van der Waals surface area contributed by atoms with E-state index in [0.29, 0.717) is 5.69 Å². The number of nitro benzene ring substituents is 1. The predicted octanol–water partition coefficient (Wildman–Crippen LogP) is 2.70. The first kappa shape index (κ1) is 21.5. The molecular formula is C24H19N3O7. The van der Waals surface area contributed by atoms with E-state index in [1.807, 2.05) is 12.2 Å². The third kappa shape index (κ3) is 3.62. The maximum absolute atomic E-state index is 13.0. The molecule has 1 saturated carbocycles. The Kier molecular flexibility index (Phi) is 5.20. The molecule has 2 aromatic rings. The van der Waals surface area contributed by atoms with Gasteiger partial charge in [-0.1, -0.05) is 24.3 Å². The summed E-state index contributed by atoms with van der Waals surface area (Å²) < 4.78 is 5.05. The van der Waals surface area contributed by atoms with Crippen molar-refractivity contribution in [3.63, 3.8) is 0 Å². The van der Waals surface area contributed by atoms with Gasteiger partial charge in [-0.25, -0.2) is 9.69 Å². The van der Waals surface area contributed by atoms with E-state index in [2.05, 4.69) is 5.32 Å². The first-order chi connectivity index (χ1) is 16.3. The van der Waals surface area contributed by atoms with E-state index in [0.717, 1.165) is 11.3 Å². The number of imide groups is 1. The van der Waals surface area contributed by atoms with Crippen molar-refractivity contribution in [1.82, 2.24) is 0 Å². The Bertz CT molecular complexity index is 1240.